The number of nitrogens with zero attached hydrogens (tertiary/aromatic N) is 2. The zero-order valence-corrected chi connectivity index (χ0v) is 13.2. The van der Waals surface area contributed by atoms with Crippen molar-refractivity contribution in [3.63, 3.8) is 0 Å². The highest BCUT2D eigenvalue weighted by molar-refractivity contribution is 9.10. The molecule has 1 aromatic heterocycles. The van der Waals surface area contributed by atoms with Crippen LogP contribution in [0.1, 0.15) is 18.2 Å². The van der Waals surface area contributed by atoms with Gasteiger partial charge in [0.05, 0.1) is 5.71 Å². The van der Waals surface area contributed by atoms with Gasteiger partial charge in [0.25, 0.3) is 5.91 Å². The molecule has 7 heteroatoms. The number of amides is 1. The summed E-state index contributed by atoms with van der Waals surface area (Å²) in [7, 11) is 0. The first kappa shape index (κ1) is 15.2. The predicted molar refractivity (Wildman–Crippen MR) is 82.2 cm³/mol. The molecule has 6 nitrogen and oxygen atoms in total. The largest absolute Gasteiger partial charge is 0.385 e. The SMILES string of the molecule is C/C(=N\OCC(=O)Nc1cc(C)on1)c1ccc(Br)cc1. The van der Waals surface area contributed by atoms with Crippen molar-refractivity contribution >= 4 is 33.4 Å². The Bertz CT molecular complexity index is 650. The van der Waals surface area contributed by atoms with Gasteiger partial charge >= 0.3 is 0 Å². The molecule has 0 unspecified atom stereocenters. The van der Waals surface area contributed by atoms with Gasteiger partial charge in [-0.3, -0.25) is 4.79 Å². The number of oxime groups is 1. The van der Waals surface area contributed by atoms with E-state index in [-0.39, 0.29) is 12.5 Å². The van der Waals surface area contributed by atoms with Gasteiger partial charge in [0.1, 0.15) is 5.76 Å². The van der Waals surface area contributed by atoms with Gasteiger partial charge in [-0.2, -0.15) is 0 Å². The number of benzene rings is 1. The fourth-order valence-corrected chi connectivity index (χ4v) is 1.80. The number of nitrogens with one attached hydrogen (secondary N) is 1. The summed E-state index contributed by atoms with van der Waals surface area (Å²) >= 11 is 3.36. The molecule has 0 aliphatic heterocycles. The van der Waals surface area contributed by atoms with Crippen LogP contribution in [0.4, 0.5) is 5.82 Å². The lowest BCUT2D eigenvalue weighted by atomic mass is 10.1. The number of carbonyl (C=O) groups is 1. The molecule has 0 spiro atoms. The minimum absolute atomic E-state index is 0.195. The minimum Gasteiger partial charge on any atom is -0.385 e. The minimum atomic E-state index is -0.351. The Morgan fingerprint density at radius 3 is 2.76 bits per heavy atom. The molecule has 0 aliphatic rings. The van der Waals surface area contributed by atoms with Crippen LogP contribution >= 0.6 is 15.9 Å². The predicted octanol–water partition coefficient (Wildman–Crippen LogP) is 3.12. The first-order chi connectivity index (χ1) is 10.0. The van der Waals surface area contributed by atoms with Crippen LogP contribution in [0.15, 0.2) is 44.5 Å². The number of hydrogen-bond donors (Lipinski definition) is 1. The molecule has 1 N–H and O–H groups in total. The summed E-state index contributed by atoms with van der Waals surface area (Å²) in [4.78, 5) is 16.6. The van der Waals surface area contributed by atoms with Crippen molar-refractivity contribution in [3.8, 4) is 0 Å². The van der Waals surface area contributed by atoms with Gasteiger partial charge in [0, 0.05) is 10.5 Å². The molecular formula is C14H14BrN3O3. The Morgan fingerprint density at radius 2 is 2.14 bits per heavy atom. The van der Waals surface area contributed by atoms with Gasteiger partial charge in [-0.05, 0) is 31.5 Å². The average molecular weight is 352 g/mol. The first-order valence-electron chi connectivity index (χ1n) is 6.20. The van der Waals surface area contributed by atoms with Gasteiger partial charge in [-0.15, -0.1) is 0 Å². The van der Waals surface area contributed by atoms with Crippen molar-refractivity contribution in [2.75, 3.05) is 11.9 Å². The number of aryl methyl sites for hydroxylation is 1. The lowest BCUT2D eigenvalue weighted by Crippen LogP contribution is -2.17. The normalized spacial score (nSPS) is 11.3. The molecule has 110 valence electrons. The Hall–Kier alpha value is -2.15. The van der Waals surface area contributed by atoms with Gasteiger partial charge in [-0.1, -0.05) is 38.4 Å². The van der Waals surface area contributed by atoms with Gasteiger partial charge < -0.3 is 14.7 Å². The molecule has 1 amide bonds. The standard InChI is InChI=1S/C14H14BrN3O3/c1-9-7-13(18-21-9)16-14(19)8-20-17-10(2)11-3-5-12(15)6-4-11/h3-7H,8H2,1-2H3,(H,16,18,19)/b17-10+. The topological polar surface area (TPSA) is 76.7 Å². The van der Waals surface area contributed by atoms with Crippen molar-refractivity contribution in [2.24, 2.45) is 5.16 Å². The molecule has 0 saturated carbocycles. The average Bonchev–Trinajstić information content (AvgIpc) is 2.84. The maximum atomic E-state index is 11.6. The van der Waals surface area contributed by atoms with Gasteiger partial charge in [-0.25, -0.2) is 0 Å². The summed E-state index contributed by atoms with van der Waals surface area (Å²) in [5.74, 6) is 0.626. The molecule has 1 heterocycles. The van der Waals surface area contributed by atoms with E-state index < -0.39 is 0 Å². The van der Waals surface area contributed by atoms with E-state index in [1.165, 1.54) is 0 Å². The second-order valence-electron chi connectivity index (χ2n) is 4.33. The summed E-state index contributed by atoms with van der Waals surface area (Å²) in [5, 5.41) is 10.1. The summed E-state index contributed by atoms with van der Waals surface area (Å²) in [6.45, 7) is 3.35. The Balaban J connectivity index is 1.83. The van der Waals surface area contributed by atoms with Crippen LogP contribution in [0.3, 0.4) is 0 Å². The molecule has 21 heavy (non-hydrogen) atoms. The number of aromatic nitrogens is 1. The number of anilines is 1. The summed E-state index contributed by atoms with van der Waals surface area (Å²) in [5.41, 5.74) is 1.61. The maximum Gasteiger partial charge on any atom is 0.266 e. The Labute approximate surface area is 130 Å². The van der Waals surface area contributed by atoms with E-state index in [0.717, 1.165) is 10.0 Å². The van der Waals surface area contributed by atoms with Crippen molar-refractivity contribution in [2.45, 2.75) is 13.8 Å². The lowest BCUT2D eigenvalue weighted by molar-refractivity contribution is -0.120. The maximum absolute atomic E-state index is 11.6. The van der Waals surface area contributed by atoms with Crippen molar-refractivity contribution in [3.05, 3.63) is 46.1 Å². The van der Waals surface area contributed by atoms with Crippen LogP contribution in [0, 0.1) is 6.92 Å². The molecule has 0 fully saturated rings. The fraction of sp³-hybridized carbons (Fsp3) is 0.214. The molecule has 0 saturated heterocycles. The number of rotatable bonds is 5. The third kappa shape index (κ3) is 4.71. The molecule has 1 aromatic carbocycles. The van der Waals surface area contributed by atoms with Crippen LogP contribution in [0.5, 0.6) is 0 Å². The number of carbonyl (C=O) groups excluding carboxylic acids is 1. The van der Waals surface area contributed by atoms with Gasteiger partial charge in [0.15, 0.2) is 12.4 Å². The smallest absolute Gasteiger partial charge is 0.266 e. The van der Waals surface area contributed by atoms with Crippen LogP contribution in [-0.4, -0.2) is 23.4 Å². The molecule has 0 atom stereocenters. The Kier molecular flexibility index (Phi) is 5.10. The van der Waals surface area contributed by atoms with Crippen molar-refractivity contribution in [1.29, 1.82) is 0 Å². The van der Waals surface area contributed by atoms with Crippen LogP contribution in [0.2, 0.25) is 0 Å². The van der Waals surface area contributed by atoms with E-state index in [9.17, 15) is 4.79 Å². The summed E-state index contributed by atoms with van der Waals surface area (Å²) < 4.78 is 5.83. The highest BCUT2D eigenvalue weighted by Gasteiger charge is 2.06. The second-order valence-corrected chi connectivity index (χ2v) is 5.24. The van der Waals surface area contributed by atoms with E-state index >= 15 is 0 Å². The Morgan fingerprint density at radius 1 is 1.43 bits per heavy atom. The first-order valence-corrected chi connectivity index (χ1v) is 6.99. The monoisotopic (exact) mass is 351 g/mol. The molecule has 2 rings (SSSR count). The number of hydrogen-bond acceptors (Lipinski definition) is 5. The highest BCUT2D eigenvalue weighted by Crippen LogP contribution is 2.11. The molecule has 0 aliphatic carbocycles. The second kappa shape index (κ2) is 7.03. The van der Waals surface area contributed by atoms with Crippen LogP contribution in [0.25, 0.3) is 0 Å². The zero-order valence-electron chi connectivity index (χ0n) is 11.6. The number of halogens is 1. The van der Waals surface area contributed by atoms with E-state index in [2.05, 4.69) is 31.6 Å². The molecule has 0 bridgehead atoms. The highest BCUT2D eigenvalue weighted by atomic mass is 79.9. The third-order valence-corrected chi connectivity index (χ3v) is 3.08. The van der Waals surface area contributed by atoms with Crippen LogP contribution in [-0.2, 0) is 9.63 Å². The van der Waals surface area contributed by atoms with E-state index in [1.807, 2.05) is 31.2 Å². The quantitative estimate of drug-likeness (QED) is 0.663. The van der Waals surface area contributed by atoms with Crippen LogP contribution < -0.4 is 5.32 Å². The van der Waals surface area contributed by atoms with E-state index in [1.54, 1.807) is 13.0 Å². The summed E-state index contributed by atoms with van der Waals surface area (Å²) in [6.07, 6.45) is 0. The van der Waals surface area contributed by atoms with E-state index in [4.69, 9.17) is 9.36 Å². The van der Waals surface area contributed by atoms with Gasteiger partial charge in [0.2, 0.25) is 0 Å². The molecule has 2 aromatic rings. The van der Waals surface area contributed by atoms with Crippen molar-refractivity contribution in [1.82, 2.24) is 5.16 Å². The van der Waals surface area contributed by atoms with Crippen molar-refractivity contribution < 1.29 is 14.2 Å². The molecule has 0 radical (unpaired) electrons. The molecular weight excluding hydrogens is 338 g/mol. The zero-order chi connectivity index (χ0) is 15.2. The third-order valence-electron chi connectivity index (χ3n) is 2.55. The summed E-state index contributed by atoms with van der Waals surface area (Å²) in [6, 6.07) is 9.26. The fourth-order valence-electron chi connectivity index (χ4n) is 1.54. The lowest BCUT2D eigenvalue weighted by Gasteiger charge is -2.03. The van der Waals surface area contributed by atoms with E-state index in [0.29, 0.717) is 17.3 Å².